The largest absolute Gasteiger partial charge is 0.382 e. The highest BCUT2D eigenvalue weighted by molar-refractivity contribution is 6.06. The zero-order chi connectivity index (χ0) is 23.0. The Kier molecular flexibility index (Phi) is 8.99. The Morgan fingerprint density at radius 3 is 2.71 bits per heavy atom. The third-order valence-corrected chi connectivity index (χ3v) is 5.42. The first kappa shape index (κ1) is 24.3. The van der Waals surface area contributed by atoms with Gasteiger partial charge in [-0.25, -0.2) is 0 Å². The van der Waals surface area contributed by atoms with Gasteiger partial charge in [0, 0.05) is 44.2 Å². The van der Waals surface area contributed by atoms with Crippen LogP contribution in [0.25, 0.3) is 0 Å². The molecule has 3 saturated heterocycles. The number of piperidine rings is 1. The summed E-state index contributed by atoms with van der Waals surface area (Å²) >= 11 is 0. The van der Waals surface area contributed by atoms with Crippen molar-refractivity contribution in [2.45, 2.75) is 45.7 Å². The zero-order valence-corrected chi connectivity index (χ0v) is 18.6. The van der Waals surface area contributed by atoms with Crippen LogP contribution >= 0.6 is 0 Å². The summed E-state index contributed by atoms with van der Waals surface area (Å²) in [5, 5.41) is 8.49. The maximum absolute atomic E-state index is 12.5. The molecule has 3 N–H and O–H groups in total. The quantitative estimate of drug-likeness (QED) is 0.420. The monoisotopic (exact) mass is 431 g/mol. The summed E-state index contributed by atoms with van der Waals surface area (Å²) in [6, 6.07) is -0.473. The SMILES string of the molecule is C=C1C(=O)N(C2CCC(=O)NC2=O)C/C1=C/C=C/NCC(=O)N1CCNCC1C.CC. The third kappa shape index (κ3) is 6.04. The molecule has 0 spiro atoms. The molecular weight excluding hydrogens is 398 g/mol. The van der Waals surface area contributed by atoms with E-state index in [1.54, 1.807) is 18.4 Å². The van der Waals surface area contributed by atoms with E-state index in [9.17, 15) is 19.2 Å². The number of hydrogen-bond acceptors (Lipinski definition) is 6. The smallest absolute Gasteiger partial charge is 0.254 e. The summed E-state index contributed by atoms with van der Waals surface area (Å²) in [6.45, 7) is 12.6. The van der Waals surface area contributed by atoms with Crippen LogP contribution in [-0.2, 0) is 19.2 Å². The molecule has 0 saturated carbocycles. The Labute approximate surface area is 183 Å². The van der Waals surface area contributed by atoms with E-state index in [0.29, 0.717) is 24.1 Å². The van der Waals surface area contributed by atoms with Gasteiger partial charge in [-0.05, 0) is 31.2 Å². The molecule has 3 aliphatic rings. The normalized spacial score (nSPS) is 25.6. The van der Waals surface area contributed by atoms with Gasteiger partial charge in [0.25, 0.3) is 5.91 Å². The molecule has 3 rings (SSSR count). The molecule has 3 fully saturated rings. The maximum atomic E-state index is 12.5. The van der Waals surface area contributed by atoms with E-state index in [1.165, 1.54) is 4.90 Å². The second kappa shape index (κ2) is 11.5. The topological polar surface area (TPSA) is 111 Å². The van der Waals surface area contributed by atoms with E-state index >= 15 is 0 Å². The fraction of sp³-hybridized carbons (Fsp3) is 0.545. The van der Waals surface area contributed by atoms with Crippen LogP contribution in [0.1, 0.15) is 33.6 Å². The molecule has 31 heavy (non-hydrogen) atoms. The average Bonchev–Trinajstić information content (AvgIpc) is 3.03. The molecule has 3 aliphatic heterocycles. The van der Waals surface area contributed by atoms with Crippen LogP contribution in [0.4, 0.5) is 0 Å². The van der Waals surface area contributed by atoms with Crippen molar-refractivity contribution >= 4 is 23.6 Å². The molecule has 0 radical (unpaired) electrons. The predicted molar refractivity (Wildman–Crippen MR) is 118 cm³/mol. The highest BCUT2D eigenvalue weighted by Crippen LogP contribution is 2.26. The van der Waals surface area contributed by atoms with Gasteiger partial charge in [-0.3, -0.25) is 24.5 Å². The maximum Gasteiger partial charge on any atom is 0.254 e. The van der Waals surface area contributed by atoms with E-state index in [0.717, 1.165) is 13.1 Å². The van der Waals surface area contributed by atoms with Gasteiger partial charge in [0.15, 0.2) is 0 Å². The number of piperazine rings is 1. The van der Waals surface area contributed by atoms with Crippen molar-refractivity contribution in [2.24, 2.45) is 0 Å². The molecule has 2 unspecified atom stereocenters. The minimum absolute atomic E-state index is 0.0424. The van der Waals surface area contributed by atoms with Crippen LogP contribution in [0.15, 0.2) is 36.1 Å². The lowest BCUT2D eigenvalue weighted by atomic mass is 10.0. The second-order valence-corrected chi connectivity index (χ2v) is 7.45. The van der Waals surface area contributed by atoms with E-state index in [-0.39, 0.29) is 43.3 Å². The number of carbonyl (C=O) groups excluding carboxylic acids is 4. The minimum atomic E-state index is -0.649. The van der Waals surface area contributed by atoms with E-state index < -0.39 is 11.9 Å². The van der Waals surface area contributed by atoms with Gasteiger partial charge in [-0.1, -0.05) is 26.5 Å². The number of rotatable bonds is 5. The molecule has 0 aromatic heterocycles. The molecule has 9 heteroatoms. The number of amides is 4. The van der Waals surface area contributed by atoms with E-state index in [1.807, 2.05) is 25.7 Å². The minimum Gasteiger partial charge on any atom is -0.382 e. The Balaban J connectivity index is 0.00000166. The van der Waals surface area contributed by atoms with Crippen LogP contribution in [0, 0.1) is 0 Å². The third-order valence-electron chi connectivity index (χ3n) is 5.42. The molecule has 0 aliphatic carbocycles. The van der Waals surface area contributed by atoms with Crippen molar-refractivity contribution in [3.8, 4) is 0 Å². The van der Waals surface area contributed by atoms with Gasteiger partial charge in [0.2, 0.25) is 17.7 Å². The summed E-state index contributed by atoms with van der Waals surface area (Å²) in [6.07, 6.45) is 5.66. The number of allylic oxidation sites excluding steroid dienone is 2. The highest BCUT2D eigenvalue weighted by atomic mass is 16.2. The molecule has 0 aromatic carbocycles. The number of carbonyl (C=O) groups is 4. The first-order valence-electron chi connectivity index (χ1n) is 10.8. The zero-order valence-electron chi connectivity index (χ0n) is 18.6. The summed E-state index contributed by atoms with van der Waals surface area (Å²) in [4.78, 5) is 51.3. The molecule has 170 valence electrons. The van der Waals surface area contributed by atoms with Gasteiger partial charge < -0.3 is 20.4 Å². The lowest BCUT2D eigenvalue weighted by Gasteiger charge is -2.34. The van der Waals surface area contributed by atoms with E-state index in [2.05, 4.69) is 22.5 Å². The molecule has 0 bridgehead atoms. The summed E-state index contributed by atoms with van der Waals surface area (Å²) < 4.78 is 0. The molecule has 0 aromatic rings. The molecular formula is C22H33N5O4. The first-order valence-corrected chi connectivity index (χ1v) is 10.8. The molecule has 9 nitrogen and oxygen atoms in total. The Morgan fingerprint density at radius 2 is 2.03 bits per heavy atom. The summed E-state index contributed by atoms with van der Waals surface area (Å²) in [5.41, 5.74) is 1.05. The fourth-order valence-electron chi connectivity index (χ4n) is 3.74. The van der Waals surface area contributed by atoms with Crippen LogP contribution in [-0.4, -0.2) is 78.2 Å². The standard InChI is InChI=1S/C20H27N5O4.C2H6/c1-13-10-22-8-9-24(13)18(27)11-21-7-3-4-15-12-25(20(29)14(15)2)16-5-6-17(26)23-19(16)28;1-2/h3-4,7,13,16,21-22H,2,5-6,8-12H2,1H3,(H,23,26,28);1-2H3/b7-3+,15-4-;. The summed E-state index contributed by atoms with van der Waals surface area (Å²) in [7, 11) is 0. The van der Waals surface area contributed by atoms with Crippen molar-refractivity contribution in [1.29, 1.82) is 0 Å². The Morgan fingerprint density at radius 1 is 1.29 bits per heavy atom. The first-order chi connectivity index (χ1) is 14.9. The van der Waals surface area contributed by atoms with Crippen molar-refractivity contribution in [3.63, 3.8) is 0 Å². The molecule has 3 heterocycles. The van der Waals surface area contributed by atoms with Crippen LogP contribution < -0.4 is 16.0 Å². The van der Waals surface area contributed by atoms with Gasteiger partial charge in [0.1, 0.15) is 6.04 Å². The molecule has 4 amide bonds. The lowest BCUT2D eigenvalue weighted by Crippen LogP contribution is -2.53. The fourth-order valence-corrected chi connectivity index (χ4v) is 3.74. The number of imide groups is 1. The van der Waals surface area contributed by atoms with Gasteiger partial charge in [-0.2, -0.15) is 0 Å². The van der Waals surface area contributed by atoms with Gasteiger partial charge >= 0.3 is 0 Å². The predicted octanol–water partition coefficient (Wildman–Crippen LogP) is 0.0662. The van der Waals surface area contributed by atoms with Crippen molar-refractivity contribution in [1.82, 2.24) is 25.8 Å². The number of nitrogens with zero attached hydrogens (tertiary/aromatic N) is 2. The van der Waals surface area contributed by atoms with Gasteiger partial charge in [-0.15, -0.1) is 0 Å². The molecule has 2 atom stereocenters. The van der Waals surface area contributed by atoms with E-state index in [4.69, 9.17) is 0 Å². The number of hydrogen-bond donors (Lipinski definition) is 3. The average molecular weight is 432 g/mol. The second-order valence-electron chi connectivity index (χ2n) is 7.45. The number of likely N-dealkylation sites (tertiary alicyclic amines) is 1. The number of nitrogens with one attached hydrogen (secondary N) is 3. The summed E-state index contributed by atoms with van der Waals surface area (Å²) in [5.74, 6) is -1.01. The van der Waals surface area contributed by atoms with Crippen molar-refractivity contribution < 1.29 is 19.2 Å². The van der Waals surface area contributed by atoms with Gasteiger partial charge in [0.05, 0.1) is 6.54 Å². The van der Waals surface area contributed by atoms with Crippen molar-refractivity contribution in [2.75, 3.05) is 32.7 Å². The Hall–Kier alpha value is -2.94. The van der Waals surface area contributed by atoms with Crippen LogP contribution in [0.5, 0.6) is 0 Å². The van der Waals surface area contributed by atoms with Crippen LogP contribution in [0.2, 0.25) is 0 Å². The lowest BCUT2D eigenvalue weighted by molar-refractivity contribution is -0.142. The highest BCUT2D eigenvalue weighted by Gasteiger charge is 2.39. The Bertz CT molecular complexity index is 789. The van der Waals surface area contributed by atoms with Crippen LogP contribution in [0.3, 0.4) is 0 Å². The van der Waals surface area contributed by atoms with Crippen molar-refractivity contribution in [3.05, 3.63) is 36.1 Å².